The van der Waals surface area contributed by atoms with Crippen LogP contribution in [0.2, 0.25) is 0 Å². The van der Waals surface area contributed by atoms with Crippen molar-refractivity contribution >= 4 is 11.9 Å². The van der Waals surface area contributed by atoms with E-state index in [1.807, 2.05) is 12.1 Å². The maximum atomic E-state index is 12.6. The molecule has 0 radical (unpaired) electrons. The van der Waals surface area contributed by atoms with Gasteiger partial charge in [-0.1, -0.05) is 33.8 Å². The number of hydrogen-bond donors (Lipinski definition) is 1. The number of esters is 1. The third-order valence-corrected chi connectivity index (χ3v) is 5.61. The van der Waals surface area contributed by atoms with Gasteiger partial charge in [0.1, 0.15) is 5.75 Å². The molecule has 0 amide bonds. The predicted molar refractivity (Wildman–Crippen MR) is 105 cm³/mol. The Kier molecular flexibility index (Phi) is 5.09. The van der Waals surface area contributed by atoms with Crippen molar-refractivity contribution in [3.05, 3.63) is 64.7 Å². The number of fused-ring (bicyclic) bond motifs is 1. The van der Waals surface area contributed by atoms with Gasteiger partial charge >= 0.3 is 11.9 Å². The van der Waals surface area contributed by atoms with Crippen LogP contribution in [-0.2, 0) is 5.41 Å². The summed E-state index contributed by atoms with van der Waals surface area (Å²) in [5.74, 6) is -0.148. The third kappa shape index (κ3) is 3.90. The smallest absolute Gasteiger partial charge is 0.343 e. The maximum Gasteiger partial charge on any atom is 0.343 e. The Bertz CT molecular complexity index is 862. The summed E-state index contributed by atoms with van der Waals surface area (Å²) < 4.78 is 5.44. The van der Waals surface area contributed by atoms with Crippen LogP contribution in [0.15, 0.2) is 42.5 Å². The number of carbonyl (C=O) groups is 2. The number of carboxylic acid groups (broad SMARTS) is 1. The summed E-state index contributed by atoms with van der Waals surface area (Å²) >= 11 is 0. The van der Waals surface area contributed by atoms with E-state index in [0.717, 1.165) is 12.8 Å². The molecule has 0 aromatic heterocycles. The summed E-state index contributed by atoms with van der Waals surface area (Å²) in [6.45, 7) is 8.96. The van der Waals surface area contributed by atoms with Crippen LogP contribution in [0.3, 0.4) is 0 Å². The Morgan fingerprint density at radius 1 is 1.07 bits per heavy atom. The van der Waals surface area contributed by atoms with Gasteiger partial charge in [-0.15, -0.1) is 0 Å². The van der Waals surface area contributed by atoms with E-state index in [-0.39, 0.29) is 11.0 Å². The molecule has 4 heteroatoms. The highest BCUT2D eigenvalue weighted by Crippen LogP contribution is 2.45. The number of rotatable bonds is 4. The van der Waals surface area contributed by atoms with Gasteiger partial charge in [0.2, 0.25) is 0 Å². The Morgan fingerprint density at radius 3 is 2.30 bits per heavy atom. The number of hydrogen-bond acceptors (Lipinski definition) is 3. The molecule has 1 aliphatic carbocycles. The normalized spacial score (nSPS) is 18.0. The lowest BCUT2D eigenvalue weighted by molar-refractivity contribution is 0.0696. The summed E-state index contributed by atoms with van der Waals surface area (Å²) in [7, 11) is 0. The number of ether oxygens (including phenoxy) is 1. The van der Waals surface area contributed by atoms with Gasteiger partial charge in [-0.2, -0.15) is 0 Å². The molecule has 0 aliphatic heterocycles. The number of carbonyl (C=O) groups excluding carboxylic acids is 1. The largest absolute Gasteiger partial charge is 0.478 e. The molecule has 1 N–H and O–H groups in total. The van der Waals surface area contributed by atoms with Gasteiger partial charge in [-0.05, 0) is 77.6 Å². The zero-order valence-corrected chi connectivity index (χ0v) is 16.3. The van der Waals surface area contributed by atoms with Crippen LogP contribution < -0.4 is 4.74 Å². The van der Waals surface area contributed by atoms with Gasteiger partial charge in [0.05, 0.1) is 11.1 Å². The Morgan fingerprint density at radius 2 is 1.70 bits per heavy atom. The standard InChI is InChI=1S/C23H26O4/c1-14(2)18-11-12-23(3,4)20-10-7-16(13-19(18)20)22(26)27-17-8-5-15(6-9-17)21(24)25/h5-10,13-14,18H,11-12H2,1-4H3,(H,24,25). The molecule has 4 nitrogen and oxygen atoms in total. The van der Waals surface area contributed by atoms with Crippen molar-refractivity contribution in [2.45, 2.75) is 51.9 Å². The number of aromatic carboxylic acids is 1. The predicted octanol–water partition coefficient (Wildman–Crippen LogP) is 5.42. The van der Waals surface area contributed by atoms with E-state index in [0.29, 0.717) is 23.1 Å². The summed E-state index contributed by atoms with van der Waals surface area (Å²) in [5, 5.41) is 8.95. The quantitative estimate of drug-likeness (QED) is 0.580. The van der Waals surface area contributed by atoms with E-state index >= 15 is 0 Å². The molecule has 0 heterocycles. The highest BCUT2D eigenvalue weighted by Gasteiger charge is 2.34. The first kappa shape index (κ1) is 19.2. The van der Waals surface area contributed by atoms with E-state index in [1.54, 1.807) is 0 Å². The Labute approximate surface area is 160 Å². The summed E-state index contributed by atoms with van der Waals surface area (Å²) in [5.41, 5.74) is 3.35. The molecule has 1 unspecified atom stereocenters. The van der Waals surface area contributed by atoms with Gasteiger partial charge in [-0.25, -0.2) is 9.59 Å². The molecule has 0 saturated carbocycles. The topological polar surface area (TPSA) is 63.6 Å². The maximum absolute atomic E-state index is 12.6. The molecule has 2 aromatic carbocycles. The summed E-state index contributed by atoms with van der Waals surface area (Å²) in [4.78, 5) is 23.5. The van der Waals surface area contributed by atoms with Crippen LogP contribution in [0.4, 0.5) is 0 Å². The van der Waals surface area contributed by atoms with Crippen LogP contribution >= 0.6 is 0 Å². The molecule has 1 aliphatic rings. The minimum Gasteiger partial charge on any atom is -0.478 e. The lowest BCUT2D eigenvalue weighted by Crippen LogP contribution is -2.28. The minimum absolute atomic E-state index is 0.107. The van der Waals surface area contributed by atoms with Crippen molar-refractivity contribution in [1.29, 1.82) is 0 Å². The zero-order valence-electron chi connectivity index (χ0n) is 16.3. The number of carboxylic acids is 1. The highest BCUT2D eigenvalue weighted by molar-refractivity contribution is 5.92. The second-order valence-electron chi connectivity index (χ2n) is 8.29. The van der Waals surface area contributed by atoms with Crippen molar-refractivity contribution < 1.29 is 19.4 Å². The lowest BCUT2D eigenvalue weighted by Gasteiger charge is -2.39. The Balaban J connectivity index is 1.87. The molecule has 3 rings (SSSR count). The highest BCUT2D eigenvalue weighted by atomic mass is 16.5. The van der Waals surface area contributed by atoms with Crippen LogP contribution in [0.25, 0.3) is 0 Å². The van der Waals surface area contributed by atoms with Gasteiger partial charge in [0, 0.05) is 0 Å². The van der Waals surface area contributed by atoms with Crippen molar-refractivity contribution in [2.24, 2.45) is 5.92 Å². The van der Waals surface area contributed by atoms with Crippen molar-refractivity contribution in [3.63, 3.8) is 0 Å². The van der Waals surface area contributed by atoms with E-state index in [2.05, 4.69) is 33.8 Å². The van der Waals surface area contributed by atoms with Crippen molar-refractivity contribution in [2.75, 3.05) is 0 Å². The molecular formula is C23H26O4. The van der Waals surface area contributed by atoms with Gasteiger partial charge in [0.25, 0.3) is 0 Å². The second-order valence-corrected chi connectivity index (χ2v) is 8.29. The molecule has 0 bridgehead atoms. The fourth-order valence-electron chi connectivity index (χ4n) is 3.94. The van der Waals surface area contributed by atoms with Gasteiger partial charge in [-0.3, -0.25) is 0 Å². The van der Waals surface area contributed by atoms with E-state index in [4.69, 9.17) is 9.84 Å². The molecule has 0 fully saturated rings. The first-order valence-electron chi connectivity index (χ1n) is 9.39. The second kappa shape index (κ2) is 7.18. The number of benzene rings is 2. The fourth-order valence-corrected chi connectivity index (χ4v) is 3.94. The monoisotopic (exact) mass is 366 g/mol. The van der Waals surface area contributed by atoms with Gasteiger partial charge < -0.3 is 9.84 Å². The summed E-state index contributed by atoms with van der Waals surface area (Å²) in [6, 6.07) is 11.7. The van der Waals surface area contributed by atoms with E-state index in [9.17, 15) is 9.59 Å². The van der Waals surface area contributed by atoms with Gasteiger partial charge in [0.15, 0.2) is 0 Å². The fraction of sp³-hybridized carbons (Fsp3) is 0.391. The van der Waals surface area contributed by atoms with Crippen LogP contribution in [0, 0.1) is 5.92 Å². The zero-order chi connectivity index (χ0) is 19.8. The SMILES string of the molecule is CC(C)C1CCC(C)(C)c2ccc(C(=O)Oc3ccc(C(=O)O)cc3)cc21. The van der Waals surface area contributed by atoms with Crippen molar-refractivity contribution in [3.8, 4) is 5.75 Å². The first-order chi connectivity index (χ1) is 12.7. The van der Waals surface area contributed by atoms with Crippen molar-refractivity contribution in [1.82, 2.24) is 0 Å². The third-order valence-electron chi connectivity index (χ3n) is 5.61. The minimum atomic E-state index is -1.01. The molecule has 142 valence electrons. The molecule has 1 atom stereocenters. The Hall–Kier alpha value is -2.62. The molecular weight excluding hydrogens is 340 g/mol. The molecule has 27 heavy (non-hydrogen) atoms. The average Bonchev–Trinajstić information content (AvgIpc) is 2.61. The summed E-state index contributed by atoms with van der Waals surface area (Å²) in [6.07, 6.45) is 2.26. The van der Waals surface area contributed by atoms with Crippen LogP contribution in [0.1, 0.15) is 78.3 Å². The van der Waals surface area contributed by atoms with E-state index in [1.165, 1.54) is 35.4 Å². The lowest BCUT2D eigenvalue weighted by atomic mass is 9.66. The molecule has 0 spiro atoms. The van der Waals surface area contributed by atoms with Crippen LogP contribution in [-0.4, -0.2) is 17.0 Å². The first-order valence-corrected chi connectivity index (χ1v) is 9.39. The average molecular weight is 366 g/mol. The molecule has 2 aromatic rings. The van der Waals surface area contributed by atoms with E-state index < -0.39 is 11.9 Å². The molecule has 0 saturated heterocycles. The van der Waals surface area contributed by atoms with Crippen LogP contribution in [0.5, 0.6) is 5.75 Å².